The van der Waals surface area contributed by atoms with Crippen molar-refractivity contribution in [2.24, 2.45) is 5.92 Å². The van der Waals surface area contributed by atoms with Crippen molar-refractivity contribution in [3.8, 4) is 11.5 Å². The Morgan fingerprint density at radius 2 is 1.85 bits per heavy atom. The molecule has 1 amide bonds. The molecule has 0 bridgehead atoms. The summed E-state index contributed by atoms with van der Waals surface area (Å²) in [5.41, 5.74) is 0.892. The summed E-state index contributed by atoms with van der Waals surface area (Å²) in [4.78, 5) is 11.9. The zero-order valence-corrected chi connectivity index (χ0v) is 14.2. The predicted molar refractivity (Wildman–Crippen MR) is 83.7 cm³/mol. The fourth-order valence-corrected chi connectivity index (χ4v) is 1.98. The molecule has 0 heterocycles. The van der Waals surface area contributed by atoms with E-state index in [2.05, 4.69) is 21.2 Å². The third-order valence-electron chi connectivity index (χ3n) is 3.10. The van der Waals surface area contributed by atoms with E-state index < -0.39 is 0 Å². The first-order valence-electron chi connectivity index (χ1n) is 6.57. The van der Waals surface area contributed by atoms with Gasteiger partial charge in [0.2, 0.25) is 5.91 Å². The molecular weight excluding hydrogens is 322 g/mol. The largest absolute Gasteiger partial charge is 0.497 e. The molecule has 2 atom stereocenters. The van der Waals surface area contributed by atoms with Gasteiger partial charge in [-0.2, -0.15) is 0 Å². The van der Waals surface area contributed by atoms with Crippen LogP contribution >= 0.6 is 15.9 Å². The van der Waals surface area contributed by atoms with Crippen LogP contribution in [0.3, 0.4) is 0 Å². The Morgan fingerprint density at radius 1 is 1.20 bits per heavy atom. The highest BCUT2D eigenvalue weighted by Gasteiger charge is 2.22. The van der Waals surface area contributed by atoms with Crippen molar-refractivity contribution >= 4 is 21.8 Å². The Bertz CT molecular complexity index is 462. The molecule has 2 unspecified atom stereocenters. The normalized spacial score (nSPS) is 13.8. The number of hydrogen-bond donors (Lipinski definition) is 1. The maximum atomic E-state index is 12.1. The predicted octanol–water partition coefficient (Wildman–Crippen LogP) is 3.30. The molecule has 0 saturated carbocycles. The molecule has 0 spiro atoms. The standard InChI is InChI=1S/C15H22BrNO3/c1-9(2)14(16)15(18)17-10(3)12-8-11(19-4)6-7-13(12)20-5/h6-10,14H,1-5H3,(H,17,18). The topological polar surface area (TPSA) is 47.6 Å². The molecule has 4 nitrogen and oxygen atoms in total. The number of ether oxygens (including phenoxy) is 2. The molecule has 1 aromatic rings. The fourth-order valence-electron chi connectivity index (χ4n) is 1.85. The summed E-state index contributed by atoms with van der Waals surface area (Å²) in [6.07, 6.45) is 0. The molecule has 20 heavy (non-hydrogen) atoms. The Labute approximate surface area is 129 Å². The van der Waals surface area contributed by atoms with Crippen LogP contribution in [0.4, 0.5) is 0 Å². The van der Waals surface area contributed by atoms with E-state index in [-0.39, 0.29) is 22.7 Å². The monoisotopic (exact) mass is 343 g/mol. The first kappa shape index (κ1) is 16.8. The number of carbonyl (C=O) groups excluding carboxylic acids is 1. The Hall–Kier alpha value is -1.23. The van der Waals surface area contributed by atoms with Gasteiger partial charge in [0.1, 0.15) is 11.5 Å². The van der Waals surface area contributed by atoms with Crippen LogP contribution in [0, 0.1) is 5.92 Å². The quantitative estimate of drug-likeness (QED) is 0.806. The van der Waals surface area contributed by atoms with Crippen molar-refractivity contribution < 1.29 is 14.3 Å². The van der Waals surface area contributed by atoms with Crippen molar-refractivity contribution in [2.75, 3.05) is 14.2 Å². The summed E-state index contributed by atoms with van der Waals surface area (Å²) in [5.74, 6) is 1.67. The van der Waals surface area contributed by atoms with Gasteiger partial charge in [0.25, 0.3) is 0 Å². The van der Waals surface area contributed by atoms with E-state index in [0.29, 0.717) is 0 Å². The molecule has 5 heteroatoms. The highest BCUT2D eigenvalue weighted by molar-refractivity contribution is 9.10. The minimum atomic E-state index is -0.207. The number of nitrogens with one attached hydrogen (secondary N) is 1. The third kappa shape index (κ3) is 4.13. The van der Waals surface area contributed by atoms with Crippen molar-refractivity contribution in [2.45, 2.75) is 31.6 Å². The van der Waals surface area contributed by atoms with Gasteiger partial charge in [-0.15, -0.1) is 0 Å². The maximum Gasteiger partial charge on any atom is 0.234 e. The van der Waals surface area contributed by atoms with Gasteiger partial charge in [0.15, 0.2) is 0 Å². The molecule has 0 aliphatic carbocycles. The Balaban J connectivity index is 2.91. The van der Waals surface area contributed by atoms with E-state index in [0.717, 1.165) is 17.1 Å². The summed E-state index contributed by atoms with van der Waals surface area (Å²) >= 11 is 3.40. The molecule has 1 rings (SSSR count). The van der Waals surface area contributed by atoms with Crippen molar-refractivity contribution in [3.05, 3.63) is 23.8 Å². The van der Waals surface area contributed by atoms with Gasteiger partial charge in [-0.1, -0.05) is 29.8 Å². The van der Waals surface area contributed by atoms with Crippen molar-refractivity contribution in [1.29, 1.82) is 0 Å². The number of alkyl halides is 1. The van der Waals surface area contributed by atoms with E-state index in [1.807, 2.05) is 39.0 Å². The van der Waals surface area contributed by atoms with E-state index in [1.54, 1.807) is 14.2 Å². The smallest absolute Gasteiger partial charge is 0.234 e. The Kier molecular flexibility index (Phi) is 6.33. The van der Waals surface area contributed by atoms with Crippen LogP contribution in [-0.4, -0.2) is 25.0 Å². The second-order valence-corrected chi connectivity index (χ2v) is 5.97. The zero-order valence-electron chi connectivity index (χ0n) is 12.6. The summed E-state index contributed by atoms with van der Waals surface area (Å²) in [5, 5.41) is 2.98. The minimum Gasteiger partial charge on any atom is -0.497 e. The molecule has 1 N–H and O–H groups in total. The molecule has 0 radical (unpaired) electrons. The van der Waals surface area contributed by atoms with Gasteiger partial charge in [-0.25, -0.2) is 0 Å². The lowest BCUT2D eigenvalue weighted by atomic mass is 10.1. The van der Waals surface area contributed by atoms with Crippen LogP contribution in [0.2, 0.25) is 0 Å². The third-order valence-corrected chi connectivity index (χ3v) is 4.57. The Morgan fingerprint density at radius 3 is 2.35 bits per heavy atom. The summed E-state index contributed by atoms with van der Waals surface area (Å²) in [7, 11) is 3.23. The van der Waals surface area contributed by atoms with Gasteiger partial charge in [-0.3, -0.25) is 4.79 Å². The van der Waals surface area contributed by atoms with E-state index in [9.17, 15) is 4.79 Å². The number of halogens is 1. The molecule has 112 valence electrons. The van der Waals surface area contributed by atoms with E-state index >= 15 is 0 Å². The first-order chi connectivity index (χ1) is 9.40. The molecule has 0 saturated heterocycles. The molecule has 0 fully saturated rings. The number of benzene rings is 1. The van der Waals surface area contributed by atoms with Crippen LogP contribution < -0.4 is 14.8 Å². The molecule has 0 aromatic heterocycles. The fraction of sp³-hybridized carbons (Fsp3) is 0.533. The number of rotatable bonds is 6. The van der Waals surface area contributed by atoms with Crippen LogP contribution in [0.1, 0.15) is 32.4 Å². The summed E-state index contributed by atoms with van der Waals surface area (Å²) < 4.78 is 10.6. The highest BCUT2D eigenvalue weighted by atomic mass is 79.9. The average molecular weight is 344 g/mol. The maximum absolute atomic E-state index is 12.1. The van der Waals surface area contributed by atoms with Gasteiger partial charge in [0.05, 0.1) is 25.1 Å². The van der Waals surface area contributed by atoms with Crippen LogP contribution in [0.15, 0.2) is 18.2 Å². The second kappa shape index (κ2) is 7.53. The summed E-state index contributed by atoms with van der Waals surface area (Å²) in [6.45, 7) is 5.92. The minimum absolute atomic E-state index is 0.0302. The van der Waals surface area contributed by atoms with E-state index in [1.165, 1.54) is 0 Å². The summed E-state index contributed by atoms with van der Waals surface area (Å²) in [6, 6.07) is 5.39. The lowest BCUT2D eigenvalue weighted by molar-refractivity contribution is -0.121. The molecule has 0 aliphatic rings. The van der Waals surface area contributed by atoms with Gasteiger partial charge < -0.3 is 14.8 Å². The lowest BCUT2D eigenvalue weighted by Crippen LogP contribution is -2.35. The van der Waals surface area contributed by atoms with Crippen molar-refractivity contribution in [3.63, 3.8) is 0 Å². The first-order valence-corrected chi connectivity index (χ1v) is 7.48. The van der Waals surface area contributed by atoms with E-state index in [4.69, 9.17) is 9.47 Å². The molecule has 1 aromatic carbocycles. The zero-order chi connectivity index (χ0) is 15.3. The van der Waals surface area contributed by atoms with Crippen molar-refractivity contribution in [1.82, 2.24) is 5.32 Å². The average Bonchev–Trinajstić information content (AvgIpc) is 2.45. The molecule has 0 aliphatic heterocycles. The SMILES string of the molecule is COc1ccc(OC)c(C(C)NC(=O)C(Br)C(C)C)c1. The lowest BCUT2D eigenvalue weighted by Gasteiger charge is -2.21. The number of hydrogen-bond acceptors (Lipinski definition) is 3. The second-order valence-electron chi connectivity index (χ2n) is 4.98. The highest BCUT2D eigenvalue weighted by Crippen LogP contribution is 2.29. The molecular formula is C15H22BrNO3. The number of amides is 1. The van der Waals surface area contributed by atoms with Crippen LogP contribution in [-0.2, 0) is 4.79 Å². The van der Waals surface area contributed by atoms with Crippen LogP contribution in [0.5, 0.6) is 11.5 Å². The van der Waals surface area contributed by atoms with Gasteiger partial charge in [0, 0.05) is 5.56 Å². The number of carbonyl (C=O) groups is 1. The number of methoxy groups -OCH3 is 2. The van der Waals surface area contributed by atoms with Gasteiger partial charge in [-0.05, 0) is 31.0 Å². The van der Waals surface area contributed by atoms with Crippen LogP contribution in [0.25, 0.3) is 0 Å². The van der Waals surface area contributed by atoms with Gasteiger partial charge >= 0.3 is 0 Å².